The molecule has 1 N–H and O–H groups in total. The zero-order valence-electron chi connectivity index (χ0n) is 23.8. The highest BCUT2D eigenvalue weighted by molar-refractivity contribution is 6.02. The van der Waals surface area contributed by atoms with E-state index in [9.17, 15) is 13.9 Å². The summed E-state index contributed by atoms with van der Waals surface area (Å²) in [5, 5.41) is 11.0. The Morgan fingerprint density at radius 1 is 1.12 bits per heavy atom. The van der Waals surface area contributed by atoms with E-state index in [-0.39, 0.29) is 34.4 Å². The summed E-state index contributed by atoms with van der Waals surface area (Å²) in [7, 11) is 1.41. The van der Waals surface area contributed by atoms with Gasteiger partial charge in [0.2, 0.25) is 5.88 Å². The first kappa shape index (κ1) is 28.2. The lowest BCUT2D eigenvalue weighted by atomic mass is 9.97. The number of fused-ring (bicyclic) bond motifs is 2. The van der Waals surface area contributed by atoms with E-state index in [1.165, 1.54) is 32.1 Å². The highest BCUT2D eigenvalue weighted by Crippen LogP contribution is 2.42. The van der Waals surface area contributed by atoms with E-state index < -0.39 is 17.8 Å². The number of halogens is 3. The third kappa shape index (κ3) is 4.91. The Kier molecular flexibility index (Phi) is 7.65. The van der Waals surface area contributed by atoms with Crippen LogP contribution >= 0.6 is 0 Å². The number of ether oxygens (including phenoxy) is 2. The van der Waals surface area contributed by atoms with Crippen LogP contribution < -0.4 is 14.4 Å². The second-order valence-electron chi connectivity index (χ2n) is 10.7. The number of methoxy groups -OCH3 is 1. The summed E-state index contributed by atoms with van der Waals surface area (Å²) in [6, 6.07) is 3.37. The number of pyridine rings is 2. The highest BCUT2D eigenvalue weighted by atomic mass is 19.1. The summed E-state index contributed by atoms with van der Waals surface area (Å²) >= 11 is 0. The van der Waals surface area contributed by atoms with E-state index in [0.29, 0.717) is 66.4 Å². The Bertz CT molecular complexity index is 1640. The number of rotatable bonds is 4. The van der Waals surface area contributed by atoms with Gasteiger partial charge in [0.25, 0.3) is 0 Å². The van der Waals surface area contributed by atoms with Gasteiger partial charge in [0.15, 0.2) is 5.82 Å². The molecule has 0 saturated carbocycles. The summed E-state index contributed by atoms with van der Waals surface area (Å²) in [5.41, 5.74) is 0.715. The summed E-state index contributed by atoms with van der Waals surface area (Å²) in [6.45, 7) is 7.04. The normalized spacial score (nSPS) is 19.8. The molecule has 42 heavy (non-hydrogen) atoms. The van der Waals surface area contributed by atoms with Gasteiger partial charge in [-0.2, -0.15) is 9.97 Å². The SMILES string of the molecule is CCc1c(F)cnc2cc(O)cc(-c3nc4c5c(nc(OC)nc5c3F)N(CC)CCO4)c12.FC1CC2CCCN2C1. The summed E-state index contributed by atoms with van der Waals surface area (Å²) < 4.78 is 54.4. The Labute approximate surface area is 241 Å². The van der Waals surface area contributed by atoms with Crippen molar-refractivity contribution in [2.75, 3.05) is 44.8 Å². The van der Waals surface area contributed by atoms with Crippen molar-refractivity contribution >= 4 is 27.6 Å². The molecule has 3 aromatic heterocycles. The van der Waals surface area contributed by atoms with Crippen molar-refractivity contribution in [3.8, 4) is 28.9 Å². The minimum Gasteiger partial charge on any atom is -0.508 e. The number of likely N-dealkylation sites (N-methyl/N-ethyl adjacent to an activating group) is 1. The number of alkyl halides is 1. The van der Waals surface area contributed by atoms with Crippen molar-refractivity contribution in [3.05, 3.63) is 35.5 Å². The molecule has 2 saturated heterocycles. The zero-order valence-corrected chi connectivity index (χ0v) is 23.8. The van der Waals surface area contributed by atoms with Gasteiger partial charge in [-0.3, -0.25) is 9.88 Å². The van der Waals surface area contributed by atoms with Gasteiger partial charge >= 0.3 is 6.01 Å². The Hall–Kier alpha value is -3.93. The van der Waals surface area contributed by atoms with Crippen LogP contribution in [0.5, 0.6) is 17.6 Å². The van der Waals surface area contributed by atoms with Crippen LogP contribution in [0.15, 0.2) is 18.3 Å². The lowest BCUT2D eigenvalue weighted by Gasteiger charge is -2.20. The lowest BCUT2D eigenvalue weighted by Crippen LogP contribution is -2.27. The quantitative estimate of drug-likeness (QED) is 0.348. The van der Waals surface area contributed by atoms with Crippen molar-refractivity contribution in [2.45, 2.75) is 51.7 Å². The molecule has 7 rings (SSSR count). The number of anilines is 1. The van der Waals surface area contributed by atoms with E-state index in [0.717, 1.165) is 19.2 Å². The molecule has 222 valence electrons. The van der Waals surface area contributed by atoms with Crippen molar-refractivity contribution in [1.29, 1.82) is 0 Å². The molecule has 0 amide bonds. The first-order valence-electron chi connectivity index (χ1n) is 14.3. The van der Waals surface area contributed by atoms with Gasteiger partial charge in [-0.05, 0) is 50.8 Å². The predicted octanol–water partition coefficient (Wildman–Crippen LogP) is 5.21. The summed E-state index contributed by atoms with van der Waals surface area (Å²) in [4.78, 5) is 21.4. The maximum absolute atomic E-state index is 16.1. The number of hydrogen-bond donors (Lipinski definition) is 1. The van der Waals surface area contributed by atoms with Gasteiger partial charge in [-0.25, -0.2) is 18.2 Å². The van der Waals surface area contributed by atoms with E-state index in [1.807, 2.05) is 11.8 Å². The van der Waals surface area contributed by atoms with Crippen LogP contribution in [-0.2, 0) is 6.42 Å². The van der Waals surface area contributed by atoms with Gasteiger partial charge in [0.05, 0.1) is 25.4 Å². The molecule has 0 spiro atoms. The molecule has 4 aromatic rings. The maximum atomic E-state index is 16.1. The fourth-order valence-electron chi connectivity index (χ4n) is 6.29. The number of nitrogens with zero attached hydrogens (tertiary/aromatic N) is 6. The van der Waals surface area contributed by atoms with Crippen LogP contribution in [0.25, 0.3) is 33.1 Å². The smallest absolute Gasteiger partial charge is 0.318 e. The third-order valence-corrected chi connectivity index (χ3v) is 8.25. The van der Waals surface area contributed by atoms with E-state index in [1.54, 1.807) is 6.92 Å². The molecule has 0 aliphatic carbocycles. The molecule has 3 aliphatic heterocycles. The van der Waals surface area contributed by atoms with Crippen LogP contribution in [0, 0.1) is 11.6 Å². The van der Waals surface area contributed by atoms with Gasteiger partial charge in [-0.15, -0.1) is 0 Å². The van der Waals surface area contributed by atoms with E-state index >= 15 is 4.39 Å². The molecule has 0 radical (unpaired) electrons. The second-order valence-corrected chi connectivity index (χ2v) is 10.7. The van der Waals surface area contributed by atoms with Crippen molar-refractivity contribution in [2.24, 2.45) is 0 Å². The molecular formula is C30H33F3N6O3. The molecule has 2 fully saturated rings. The van der Waals surface area contributed by atoms with Crippen LogP contribution in [0.4, 0.5) is 19.0 Å². The highest BCUT2D eigenvalue weighted by Gasteiger charge is 2.34. The van der Waals surface area contributed by atoms with Gasteiger partial charge in [0.1, 0.15) is 46.8 Å². The average Bonchev–Trinajstić information content (AvgIpc) is 3.51. The topological polar surface area (TPSA) is 96.7 Å². The minimum atomic E-state index is -0.754. The number of aromatic nitrogens is 4. The fourth-order valence-corrected chi connectivity index (χ4v) is 6.29. The van der Waals surface area contributed by atoms with E-state index in [2.05, 4.69) is 24.8 Å². The lowest BCUT2D eigenvalue weighted by molar-refractivity contribution is 0.292. The first-order chi connectivity index (χ1) is 20.3. The molecule has 3 aliphatic rings. The first-order valence-corrected chi connectivity index (χ1v) is 14.3. The average molecular weight is 583 g/mol. The second kappa shape index (κ2) is 11.4. The Morgan fingerprint density at radius 2 is 1.95 bits per heavy atom. The number of aromatic hydroxyl groups is 1. The molecular weight excluding hydrogens is 549 g/mol. The monoisotopic (exact) mass is 582 g/mol. The number of phenols is 1. The Morgan fingerprint density at radius 3 is 2.69 bits per heavy atom. The fraction of sp³-hybridized carbons (Fsp3) is 0.467. The van der Waals surface area contributed by atoms with Gasteiger partial charge in [0, 0.05) is 36.1 Å². The van der Waals surface area contributed by atoms with Crippen LogP contribution in [-0.4, -0.2) is 82.1 Å². The molecule has 6 heterocycles. The van der Waals surface area contributed by atoms with Crippen molar-refractivity contribution in [1.82, 2.24) is 24.8 Å². The summed E-state index contributed by atoms with van der Waals surface area (Å²) in [5.74, 6) is -0.792. The largest absolute Gasteiger partial charge is 0.508 e. The number of benzene rings is 1. The van der Waals surface area contributed by atoms with Gasteiger partial charge < -0.3 is 19.5 Å². The summed E-state index contributed by atoms with van der Waals surface area (Å²) in [6.07, 6.45) is 4.25. The zero-order chi connectivity index (χ0) is 29.5. The van der Waals surface area contributed by atoms with Crippen molar-refractivity contribution in [3.63, 3.8) is 0 Å². The molecule has 1 aromatic carbocycles. The predicted molar refractivity (Wildman–Crippen MR) is 153 cm³/mol. The van der Waals surface area contributed by atoms with Gasteiger partial charge in [-0.1, -0.05) is 6.92 Å². The molecule has 0 bridgehead atoms. The number of aryl methyl sites for hydroxylation is 1. The maximum Gasteiger partial charge on any atom is 0.318 e. The minimum absolute atomic E-state index is 0.00238. The molecule has 12 heteroatoms. The number of hydrogen-bond acceptors (Lipinski definition) is 9. The molecule has 2 atom stereocenters. The molecule has 2 unspecified atom stereocenters. The standard InChI is InChI=1S/C23H21F2N5O3.C7H12FN/c1-4-12-14(24)10-26-15-9-11(31)8-13(16(12)15)19-18(25)20-17-21(29-23(28-20)32-3)30(5-2)6-7-33-22(17)27-19;8-6-4-7-2-1-3-9(7)5-6/h8-10,31H,4-7H2,1-3H3;6-7H,1-5H2. The van der Waals surface area contributed by atoms with Crippen LogP contribution in [0.2, 0.25) is 0 Å². The Balaban J connectivity index is 0.000000296. The number of phenolic OH excluding ortho intramolecular Hbond substituents is 1. The molecule has 9 nitrogen and oxygen atoms in total. The van der Waals surface area contributed by atoms with Crippen LogP contribution in [0.1, 0.15) is 38.7 Å². The van der Waals surface area contributed by atoms with Crippen molar-refractivity contribution < 1.29 is 27.8 Å². The van der Waals surface area contributed by atoms with Crippen LogP contribution in [0.3, 0.4) is 0 Å². The van der Waals surface area contributed by atoms with E-state index in [4.69, 9.17) is 9.47 Å². The third-order valence-electron chi connectivity index (χ3n) is 8.25.